The normalized spacial score (nSPS) is 10.8. The van der Waals surface area contributed by atoms with Gasteiger partial charge in [0.2, 0.25) is 0 Å². The molecule has 0 saturated heterocycles. The van der Waals surface area contributed by atoms with Crippen molar-refractivity contribution in [1.82, 2.24) is 10.9 Å². The minimum Gasteiger partial charge on any atom is -0.497 e. The summed E-state index contributed by atoms with van der Waals surface area (Å²) in [6.45, 7) is 0. The molecule has 3 aromatic carbocycles. The van der Waals surface area contributed by atoms with E-state index < -0.39 is 21.8 Å². The van der Waals surface area contributed by atoms with Crippen LogP contribution in [0.15, 0.2) is 77.7 Å². The minimum atomic E-state index is -3.95. The van der Waals surface area contributed by atoms with E-state index in [1.807, 2.05) is 0 Å². The number of methoxy groups -OCH3 is 1. The van der Waals surface area contributed by atoms with Crippen molar-refractivity contribution in [1.29, 1.82) is 0 Å². The van der Waals surface area contributed by atoms with Gasteiger partial charge in [-0.25, -0.2) is 8.42 Å². The van der Waals surface area contributed by atoms with Gasteiger partial charge in [-0.3, -0.25) is 25.2 Å². The molecule has 0 aromatic heterocycles. The van der Waals surface area contributed by atoms with Crippen molar-refractivity contribution in [3.05, 3.63) is 88.9 Å². The second-order valence-corrected chi connectivity index (χ2v) is 8.40. The van der Waals surface area contributed by atoms with Crippen LogP contribution in [-0.4, -0.2) is 27.3 Å². The van der Waals surface area contributed by atoms with Gasteiger partial charge in [-0.15, -0.1) is 0 Å². The summed E-state index contributed by atoms with van der Waals surface area (Å²) in [6.07, 6.45) is 0. The highest BCUT2D eigenvalue weighted by atomic mass is 35.5. The van der Waals surface area contributed by atoms with Gasteiger partial charge in [-0.1, -0.05) is 23.7 Å². The van der Waals surface area contributed by atoms with Crippen molar-refractivity contribution in [3.8, 4) is 5.75 Å². The van der Waals surface area contributed by atoms with Gasteiger partial charge in [-0.2, -0.15) is 0 Å². The molecular formula is C21H18ClN3O5S. The molecule has 0 saturated carbocycles. The summed E-state index contributed by atoms with van der Waals surface area (Å²) < 4.78 is 32.7. The van der Waals surface area contributed by atoms with Crippen LogP contribution in [0.4, 0.5) is 5.69 Å². The zero-order valence-electron chi connectivity index (χ0n) is 16.3. The molecule has 0 unspecified atom stereocenters. The zero-order chi connectivity index (χ0) is 22.4. The van der Waals surface area contributed by atoms with Crippen LogP contribution in [-0.2, 0) is 10.0 Å². The molecule has 0 aliphatic heterocycles. The summed E-state index contributed by atoms with van der Waals surface area (Å²) in [7, 11) is -2.45. The van der Waals surface area contributed by atoms with Crippen LogP contribution in [0.5, 0.6) is 5.75 Å². The Labute approximate surface area is 184 Å². The van der Waals surface area contributed by atoms with E-state index in [4.69, 9.17) is 16.3 Å². The van der Waals surface area contributed by atoms with E-state index in [-0.39, 0.29) is 16.1 Å². The van der Waals surface area contributed by atoms with E-state index in [1.165, 1.54) is 49.6 Å². The van der Waals surface area contributed by atoms with Crippen LogP contribution in [0.3, 0.4) is 0 Å². The van der Waals surface area contributed by atoms with Gasteiger partial charge in [0.1, 0.15) is 5.75 Å². The van der Waals surface area contributed by atoms with E-state index >= 15 is 0 Å². The number of rotatable bonds is 6. The smallest absolute Gasteiger partial charge is 0.269 e. The molecule has 10 heteroatoms. The van der Waals surface area contributed by atoms with Crippen LogP contribution in [0, 0.1) is 0 Å². The Balaban J connectivity index is 1.68. The van der Waals surface area contributed by atoms with Crippen molar-refractivity contribution in [3.63, 3.8) is 0 Å². The molecular weight excluding hydrogens is 442 g/mol. The summed E-state index contributed by atoms with van der Waals surface area (Å²) >= 11 is 5.88. The van der Waals surface area contributed by atoms with Crippen molar-refractivity contribution in [2.24, 2.45) is 0 Å². The van der Waals surface area contributed by atoms with Gasteiger partial charge in [0.05, 0.1) is 17.7 Å². The second kappa shape index (κ2) is 9.50. The number of carbonyl (C=O) groups is 2. The molecule has 0 radical (unpaired) electrons. The molecule has 2 amide bonds. The van der Waals surface area contributed by atoms with Crippen molar-refractivity contribution < 1.29 is 22.7 Å². The summed E-state index contributed by atoms with van der Waals surface area (Å²) in [5.41, 5.74) is 5.18. The predicted molar refractivity (Wildman–Crippen MR) is 117 cm³/mol. The number of carbonyl (C=O) groups excluding carboxylic acids is 2. The number of halogens is 1. The van der Waals surface area contributed by atoms with E-state index in [2.05, 4.69) is 15.6 Å². The van der Waals surface area contributed by atoms with Gasteiger partial charge >= 0.3 is 0 Å². The maximum atomic E-state index is 12.6. The highest BCUT2D eigenvalue weighted by molar-refractivity contribution is 7.92. The van der Waals surface area contributed by atoms with Crippen LogP contribution < -0.4 is 20.3 Å². The lowest BCUT2D eigenvalue weighted by atomic mass is 10.2. The number of amides is 2. The fourth-order valence-electron chi connectivity index (χ4n) is 2.57. The van der Waals surface area contributed by atoms with Gasteiger partial charge in [-0.05, 0) is 60.7 Å². The lowest BCUT2D eigenvalue weighted by Gasteiger charge is -2.11. The van der Waals surface area contributed by atoms with Crippen LogP contribution >= 0.6 is 11.6 Å². The number of hydrogen-bond acceptors (Lipinski definition) is 5. The molecule has 160 valence electrons. The van der Waals surface area contributed by atoms with Gasteiger partial charge in [0.25, 0.3) is 21.8 Å². The summed E-state index contributed by atoms with van der Waals surface area (Å²) in [4.78, 5) is 24.4. The van der Waals surface area contributed by atoms with Crippen LogP contribution in [0.25, 0.3) is 0 Å². The Morgan fingerprint density at radius 1 is 0.839 bits per heavy atom. The van der Waals surface area contributed by atoms with E-state index in [0.717, 1.165) is 0 Å². The Bertz CT molecular complexity index is 1210. The highest BCUT2D eigenvalue weighted by Gasteiger charge is 2.17. The molecule has 0 aliphatic carbocycles. The third-order valence-electron chi connectivity index (χ3n) is 4.13. The Morgan fingerprint density at radius 3 is 2.13 bits per heavy atom. The molecule has 3 N–H and O–H groups in total. The average Bonchev–Trinajstić information content (AvgIpc) is 2.77. The Morgan fingerprint density at radius 2 is 1.48 bits per heavy atom. The monoisotopic (exact) mass is 459 g/mol. The third-order valence-corrected chi connectivity index (χ3v) is 5.74. The molecule has 8 nitrogen and oxygen atoms in total. The number of nitrogens with one attached hydrogen (secondary N) is 3. The Kier molecular flexibility index (Phi) is 6.78. The van der Waals surface area contributed by atoms with Gasteiger partial charge in [0, 0.05) is 16.1 Å². The molecule has 0 bridgehead atoms. The molecule has 0 spiro atoms. The topological polar surface area (TPSA) is 114 Å². The van der Waals surface area contributed by atoms with E-state index in [1.54, 1.807) is 30.3 Å². The number of sulfonamides is 1. The average molecular weight is 460 g/mol. The number of anilines is 1. The maximum Gasteiger partial charge on any atom is 0.269 e. The van der Waals surface area contributed by atoms with E-state index in [0.29, 0.717) is 16.3 Å². The standard InChI is InChI=1S/C21H18ClN3O5S/c1-30-18-10-8-14(9-11-18)20(26)23-24-21(27)15-4-2-7-19(12-15)31(28,29)25-17-6-3-5-16(22)13-17/h2-13,25H,1H3,(H,23,26)(H,24,27). The second-order valence-electron chi connectivity index (χ2n) is 6.28. The molecule has 0 fully saturated rings. The first kappa shape index (κ1) is 22.1. The minimum absolute atomic E-state index is 0.0454. The molecule has 31 heavy (non-hydrogen) atoms. The molecule has 3 rings (SSSR count). The zero-order valence-corrected chi connectivity index (χ0v) is 17.8. The Hall–Kier alpha value is -3.56. The SMILES string of the molecule is COc1ccc(C(=O)NNC(=O)c2cccc(S(=O)(=O)Nc3cccc(Cl)c3)c2)cc1. The van der Waals surface area contributed by atoms with Crippen LogP contribution in [0.2, 0.25) is 5.02 Å². The van der Waals surface area contributed by atoms with Crippen molar-refractivity contribution in [2.75, 3.05) is 11.8 Å². The number of hydrogen-bond donors (Lipinski definition) is 3. The van der Waals surface area contributed by atoms with Gasteiger partial charge in [0.15, 0.2) is 0 Å². The lowest BCUT2D eigenvalue weighted by molar-refractivity contribution is 0.0846. The number of ether oxygens (including phenoxy) is 1. The number of benzene rings is 3. The third kappa shape index (κ3) is 5.74. The summed E-state index contributed by atoms with van der Waals surface area (Å²) in [5.74, 6) is -0.630. The van der Waals surface area contributed by atoms with Crippen molar-refractivity contribution >= 4 is 39.1 Å². The molecule has 0 heterocycles. The first-order valence-electron chi connectivity index (χ1n) is 8.92. The lowest BCUT2D eigenvalue weighted by Crippen LogP contribution is -2.41. The van der Waals surface area contributed by atoms with Gasteiger partial charge < -0.3 is 4.74 Å². The summed E-state index contributed by atoms with van der Waals surface area (Å²) in [6, 6.07) is 17.9. The fourth-order valence-corrected chi connectivity index (χ4v) is 3.86. The van der Waals surface area contributed by atoms with Crippen LogP contribution in [0.1, 0.15) is 20.7 Å². The largest absolute Gasteiger partial charge is 0.497 e. The number of hydrazine groups is 1. The quantitative estimate of drug-likeness (QED) is 0.490. The first-order chi connectivity index (χ1) is 14.8. The fraction of sp³-hybridized carbons (Fsp3) is 0.0476. The maximum absolute atomic E-state index is 12.6. The van der Waals surface area contributed by atoms with E-state index in [9.17, 15) is 18.0 Å². The van der Waals surface area contributed by atoms with Crippen molar-refractivity contribution in [2.45, 2.75) is 4.90 Å². The highest BCUT2D eigenvalue weighted by Crippen LogP contribution is 2.20. The molecule has 0 aliphatic rings. The first-order valence-corrected chi connectivity index (χ1v) is 10.8. The molecule has 3 aromatic rings. The predicted octanol–water partition coefficient (Wildman–Crippen LogP) is 3.22. The summed E-state index contributed by atoms with van der Waals surface area (Å²) in [5, 5.41) is 0.376. The molecule has 0 atom stereocenters.